The molecule has 0 radical (unpaired) electrons. The molecule has 0 aliphatic heterocycles. The van der Waals surface area contributed by atoms with Crippen LogP contribution >= 0.6 is 11.6 Å². The van der Waals surface area contributed by atoms with Gasteiger partial charge in [0, 0.05) is 6.07 Å². The van der Waals surface area contributed by atoms with Crippen LogP contribution in [0.25, 0.3) is 0 Å². The summed E-state index contributed by atoms with van der Waals surface area (Å²) in [6, 6.07) is 4.09. The summed E-state index contributed by atoms with van der Waals surface area (Å²) in [5.74, 6) is 0.00274. The minimum atomic E-state index is -0.643. The van der Waals surface area contributed by atoms with E-state index in [1.54, 1.807) is 19.1 Å². The zero-order chi connectivity index (χ0) is 14.7. The summed E-state index contributed by atoms with van der Waals surface area (Å²) >= 11 is 5.79. The Morgan fingerprint density at radius 3 is 2.95 bits per heavy atom. The molecule has 0 fully saturated rings. The molecular weight excluding hydrogens is 286 g/mol. The molecule has 0 aliphatic carbocycles. The number of nitrogens with zero attached hydrogens (tertiary/aromatic N) is 2. The number of nitro groups is 1. The molecule has 2 rings (SSSR count). The molecular formula is C12H10ClN3O4. The summed E-state index contributed by atoms with van der Waals surface area (Å²) in [6.07, 6.45) is 2.48. The van der Waals surface area contributed by atoms with E-state index in [4.69, 9.17) is 16.0 Å². The number of furan rings is 1. The fourth-order valence-electron chi connectivity index (χ4n) is 1.58. The van der Waals surface area contributed by atoms with Crippen LogP contribution in [0.4, 0.5) is 5.69 Å². The van der Waals surface area contributed by atoms with Gasteiger partial charge in [0.05, 0.1) is 22.8 Å². The van der Waals surface area contributed by atoms with Crippen molar-refractivity contribution in [3.05, 3.63) is 57.3 Å². The molecule has 7 nitrogen and oxygen atoms in total. The van der Waals surface area contributed by atoms with Crippen LogP contribution < -0.4 is 5.32 Å². The molecule has 1 N–H and O–H groups in total. The van der Waals surface area contributed by atoms with Crippen LogP contribution in [0.1, 0.15) is 29.1 Å². The lowest BCUT2D eigenvalue weighted by molar-refractivity contribution is -0.385. The first-order valence-corrected chi connectivity index (χ1v) is 6.01. The van der Waals surface area contributed by atoms with Crippen LogP contribution in [0.5, 0.6) is 0 Å². The second-order valence-corrected chi connectivity index (χ2v) is 4.36. The molecule has 0 bridgehead atoms. The number of aromatic nitrogens is 1. The van der Waals surface area contributed by atoms with E-state index in [9.17, 15) is 14.9 Å². The van der Waals surface area contributed by atoms with Crippen molar-refractivity contribution in [2.24, 2.45) is 0 Å². The molecule has 2 aromatic heterocycles. The van der Waals surface area contributed by atoms with Crippen LogP contribution in [-0.2, 0) is 0 Å². The lowest BCUT2D eigenvalue weighted by Crippen LogP contribution is -2.26. The summed E-state index contributed by atoms with van der Waals surface area (Å²) < 4.78 is 5.15. The van der Waals surface area contributed by atoms with E-state index in [0.717, 1.165) is 12.3 Å². The Morgan fingerprint density at radius 1 is 1.60 bits per heavy atom. The summed E-state index contributed by atoms with van der Waals surface area (Å²) in [6.45, 7) is 1.72. The predicted octanol–water partition coefficient (Wildman–Crippen LogP) is 2.73. The van der Waals surface area contributed by atoms with Gasteiger partial charge in [0.2, 0.25) is 0 Å². The summed E-state index contributed by atoms with van der Waals surface area (Å²) in [5.41, 5.74) is -0.357. The van der Waals surface area contributed by atoms with Crippen molar-refractivity contribution in [3.8, 4) is 0 Å². The Labute approximate surface area is 118 Å². The Morgan fingerprint density at radius 2 is 2.35 bits per heavy atom. The van der Waals surface area contributed by atoms with Gasteiger partial charge >= 0.3 is 0 Å². The normalized spacial score (nSPS) is 11.9. The molecule has 104 valence electrons. The molecule has 1 atom stereocenters. The smallest absolute Gasteiger partial charge is 0.288 e. The third-order valence-electron chi connectivity index (χ3n) is 2.60. The zero-order valence-electron chi connectivity index (χ0n) is 10.4. The van der Waals surface area contributed by atoms with Gasteiger partial charge in [-0.05, 0) is 19.1 Å². The Bertz CT molecular complexity index is 642. The molecule has 1 amide bonds. The Hall–Kier alpha value is -2.41. The highest BCUT2D eigenvalue weighted by Gasteiger charge is 2.19. The van der Waals surface area contributed by atoms with Gasteiger partial charge in [-0.1, -0.05) is 11.6 Å². The zero-order valence-corrected chi connectivity index (χ0v) is 11.1. The first kappa shape index (κ1) is 14.0. The van der Waals surface area contributed by atoms with Gasteiger partial charge < -0.3 is 9.73 Å². The van der Waals surface area contributed by atoms with Crippen molar-refractivity contribution >= 4 is 23.2 Å². The highest BCUT2D eigenvalue weighted by molar-refractivity contribution is 6.32. The standard InChI is InChI=1S/C12H10ClN3O4/c1-7(10-3-2-4-20-10)15-12(17)9-5-8(16(18)19)6-14-11(9)13/h2-7H,1H3,(H,15,17). The summed E-state index contributed by atoms with van der Waals surface area (Å²) in [4.78, 5) is 25.7. The number of carbonyl (C=O) groups is 1. The topological polar surface area (TPSA) is 98.3 Å². The van der Waals surface area contributed by atoms with Crippen LogP contribution in [0, 0.1) is 10.1 Å². The third-order valence-corrected chi connectivity index (χ3v) is 2.90. The van der Waals surface area contributed by atoms with Crippen molar-refractivity contribution < 1.29 is 14.1 Å². The molecule has 1 unspecified atom stereocenters. The highest BCUT2D eigenvalue weighted by atomic mass is 35.5. The van der Waals surface area contributed by atoms with Crippen molar-refractivity contribution in [1.82, 2.24) is 10.3 Å². The number of nitrogens with one attached hydrogen (secondary N) is 1. The van der Waals surface area contributed by atoms with E-state index in [1.165, 1.54) is 6.26 Å². The number of hydrogen-bond acceptors (Lipinski definition) is 5. The fraction of sp³-hybridized carbons (Fsp3) is 0.167. The number of hydrogen-bond donors (Lipinski definition) is 1. The van der Waals surface area contributed by atoms with Crippen molar-refractivity contribution in [3.63, 3.8) is 0 Å². The third kappa shape index (κ3) is 2.94. The largest absolute Gasteiger partial charge is 0.467 e. The number of pyridine rings is 1. The molecule has 0 aromatic carbocycles. The maximum atomic E-state index is 12.0. The van der Waals surface area contributed by atoms with Gasteiger partial charge in [0.25, 0.3) is 11.6 Å². The number of rotatable bonds is 4. The number of halogens is 1. The summed E-state index contributed by atoms with van der Waals surface area (Å²) in [5, 5.41) is 13.2. The molecule has 20 heavy (non-hydrogen) atoms. The molecule has 2 aromatic rings. The second-order valence-electron chi connectivity index (χ2n) is 4.00. The van der Waals surface area contributed by atoms with Gasteiger partial charge in [0.1, 0.15) is 17.1 Å². The van der Waals surface area contributed by atoms with Crippen LogP contribution in [0.2, 0.25) is 5.15 Å². The van der Waals surface area contributed by atoms with Crippen molar-refractivity contribution in [2.45, 2.75) is 13.0 Å². The molecule has 0 saturated heterocycles. The van der Waals surface area contributed by atoms with Gasteiger partial charge in [-0.15, -0.1) is 0 Å². The van der Waals surface area contributed by atoms with E-state index < -0.39 is 16.9 Å². The molecule has 2 heterocycles. The highest BCUT2D eigenvalue weighted by Crippen LogP contribution is 2.20. The van der Waals surface area contributed by atoms with E-state index in [-0.39, 0.29) is 16.4 Å². The minimum Gasteiger partial charge on any atom is -0.467 e. The van der Waals surface area contributed by atoms with Gasteiger partial charge in [-0.2, -0.15) is 0 Å². The van der Waals surface area contributed by atoms with Crippen molar-refractivity contribution in [2.75, 3.05) is 0 Å². The molecule has 0 aliphatic rings. The SMILES string of the molecule is CC(NC(=O)c1cc([N+](=O)[O-])cnc1Cl)c1ccco1. The predicted molar refractivity (Wildman–Crippen MR) is 70.5 cm³/mol. The first-order valence-electron chi connectivity index (χ1n) is 5.63. The van der Waals surface area contributed by atoms with E-state index in [2.05, 4.69) is 10.3 Å². The van der Waals surface area contributed by atoms with E-state index in [0.29, 0.717) is 5.76 Å². The fourth-order valence-corrected chi connectivity index (χ4v) is 1.77. The average Bonchev–Trinajstić information content (AvgIpc) is 2.92. The van der Waals surface area contributed by atoms with E-state index in [1.807, 2.05) is 0 Å². The minimum absolute atomic E-state index is 0.0562. The number of amides is 1. The lowest BCUT2D eigenvalue weighted by atomic mass is 10.2. The maximum Gasteiger partial charge on any atom is 0.288 e. The van der Waals surface area contributed by atoms with Crippen LogP contribution in [0.15, 0.2) is 35.1 Å². The van der Waals surface area contributed by atoms with Gasteiger partial charge in [-0.3, -0.25) is 14.9 Å². The lowest BCUT2D eigenvalue weighted by Gasteiger charge is -2.11. The second kappa shape index (κ2) is 5.70. The van der Waals surface area contributed by atoms with Gasteiger partial charge in [0.15, 0.2) is 0 Å². The molecule has 0 saturated carbocycles. The van der Waals surface area contributed by atoms with Crippen LogP contribution in [-0.4, -0.2) is 15.8 Å². The van der Waals surface area contributed by atoms with E-state index >= 15 is 0 Å². The van der Waals surface area contributed by atoms with Crippen molar-refractivity contribution in [1.29, 1.82) is 0 Å². The Balaban J connectivity index is 2.20. The quantitative estimate of drug-likeness (QED) is 0.531. The molecule has 8 heteroatoms. The van der Waals surface area contributed by atoms with Gasteiger partial charge in [-0.25, -0.2) is 4.98 Å². The summed E-state index contributed by atoms with van der Waals surface area (Å²) in [7, 11) is 0. The van der Waals surface area contributed by atoms with Crippen LogP contribution in [0.3, 0.4) is 0 Å². The first-order chi connectivity index (χ1) is 9.49. The molecule has 0 spiro atoms. The number of carbonyl (C=O) groups excluding carboxylic acids is 1. The average molecular weight is 296 g/mol. The maximum absolute atomic E-state index is 12.0. The Kier molecular flexibility index (Phi) is 3.99. The monoisotopic (exact) mass is 295 g/mol.